The van der Waals surface area contributed by atoms with Gasteiger partial charge in [0.25, 0.3) is 0 Å². The van der Waals surface area contributed by atoms with Gasteiger partial charge in [-0.3, -0.25) is 9.59 Å². The SMILES string of the molecule is CC1(C)S[C@@H]2C(NC(=O)C(N)c3ccccc3O)C(=O)N2[C@H]1C(=O)O. The predicted molar refractivity (Wildman–Crippen MR) is 90.7 cm³/mol. The Morgan fingerprint density at radius 1 is 1.36 bits per heavy atom. The smallest absolute Gasteiger partial charge is 0.327 e. The van der Waals surface area contributed by atoms with Crippen molar-refractivity contribution in [3.63, 3.8) is 0 Å². The average molecular weight is 365 g/mol. The zero-order valence-corrected chi connectivity index (χ0v) is 14.5. The monoisotopic (exact) mass is 365 g/mol. The van der Waals surface area contributed by atoms with Crippen LogP contribution in [0.25, 0.3) is 0 Å². The Kier molecular flexibility index (Phi) is 4.16. The second-order valence-corrected chi connectivity index (χ2v) is 8.39. The van der Waals surface area contributed by atoms with Gasteiger partial charge in [-0.15, -0.1) is 11.8 Å². The number of phenolic OH excluding ortho intramolecular Hbond substituents is 1. The molecule has 9 heteroatoms. The summed E-state index contributed by atoms with van der Waals surface area (Å²) < 4.78 is -0.661. The molecule has 0 bridgehead atoms. The van der Waals surface area contributed by atoms with E-state index in [9.17, 15) is 24.6 Å². The Morgan fingerprint density at radius 3 is 2.60 bits per heavy atom. The number of benzene rings is 1. The maximum absolute atomic E-state index is 12.4. The van der Waals surface area contributed by atoms with Crippen molar-refractivity contribution in [1.29, 1.82) is 0 Å². The molecular formula is C16H19N3O5S. The number of fused-ring (bicyclic) bond motifs is 1. The Balaban J connectivity index is 1.73. The number of carboxylic acid groups (broad SMARTS) is 1. The Bertz CT molecular complexity index is 753. The van der Waals surface area contributed by atoms with E-state index in [2.05, 4.69) is 5.32 Å². The molecule has 8 nitrogen and oxygen atoms in total. The lowest BCUT2D eigenvalue weighted by Gasteiger charge is -2.43. The van der Waals surface area contributed by atoms with E-state index >= 15 is 0 Å². The van der Waals surface area contributed by atoms with Crippen molar-refractivity contribution in [3.05, 3.63) is 29.8 Å². The summed E-state index contributed by atoms with van der Waals surface area (Å²) in [5, 5.41) is 21.3. The van der Waals surface area contributed by atoms with Crippen LogP contribution in [0, 0.1) is 0 Å². The average Bonchev–Trinajstić information content (AvgIpc) is 2.80. The summed E-state index contributed by atoms with van der Waals surface area (Å²) in [6, 6.07) is 3.32. The third kappa shape index (κ3) is 2.73. The molecule has 2 unspecified atom stereocenters. The van der Waals surface area contributed by atoms with E-state index in [4.69, 9.17) is 5.73 Å². The third-order valence-corrected chi connectivity index (χ3v) is 6.10. The fourth-order valence-corrected chi connectivity index (χ4v) is 4.91. The van der Waals surface area contributed by atoms with E-state index < -0.39 is 46.0 Å². The van der Waals surface area contributed by atoms with Crippen molar-refractivity contribution in [3.8, 4) is 5.75 Å². The molecule has 5 N–H and O–H groups in total. The Hall–Kier alpha value is -2.26. The normalized spacial score (nSPS) is 28.0. The lowest BCUT2D eigenvalue weighted by atomic mass is 9.95. The van der Waals surface area contributed by atoms with Crippen molar-refractivity contribution >= 4 is 29.5 Å². The van der Waals surface area contributed by atoms with E-state index in [1.807, 2.05) is 0 Å². The molecule has 1 aromatic carbocycles. The van der Waals surface area contributed by atoms with Gasteiger partial charge in [-0.05, 0) is 19.9 Å². The van der Waals surface area contributed by atoms with E-state index in [0.717, 1.165) is 0 Å². The van der Waals surface area contributed by atoms with Crippen LogP contribution in [0.5, 0.6) is 5.75 Å². The molecule has 2 aliphatic heterocycles. The number of hydrogen-bond donors (Lipinski definition) is 4. The molecule has 0 aliphatic carbocycles. The molecule has 0 saturated carbocycles. The molecule has 0 radical (unpaired) electrons. The fraction of sp³-hybridized carbons (Fsp3) is 0.438. The molecule has 0 aromatic heterocycles. The van der Waals surface area contributed by atoms with Crippen LogP contribution in [-0.2, 0) is 14.4 Å². The number of phenols is 1. The first-order chi connectivity index (χ1) is 11.6. The molecule has 2 saturated heterocycles. The molecular weight excluding hydrogens is 346 g/mol. The van der Waals surface area contributed by atoms with Crippen molar-refractivity contribution in [2.45, 2.75) is 42.1 Å². The molecule has 3 rings (SSSR count). The highest BCUT2D eigenvalue weighted by molar-refractivity contribution is 8.01. The van der Waals surface area contributed by atoms with Crippen molar-refractivity contribution in [2.24, 2.45) is 5.73 Å². The van der Waals surface area contributed by atoms with Gasteiger partial charge in [0.1, 0.15) is 29.2 Å². The van der Waals surface area contributed by atoms with Gasteiger partial charge in [0.15, 0.2) is 0 Å². The van der Waals surface area contributed by atoms with Crippen LogP contribution in [-0.4, -0.2) is 55.1 Å². The minimum Gasteiger partial charge on any atom is -0.508 e. The van der Waals surface area contributed by atoms with Crippen LogP contribution in [0.3, 0.4) is 0 Å². The van der Waals surface area contributed by atoms with Crippen molar-refractivity contribution in [1.82, 2.24) is 10.2 Å². The lowest BCUT2D eigenvalue weighted by molar-refractivity contribution is -0.161. The van der Waals surface area contributed by atoms with Gasteiger partial charge >= 0.3 is 5.97 Å². The number of hydrogen-bond acceptors (Lipinski definition) is 6. The van der Waals surface area contributed by atoms with Gasteiger partial charge in [-0.1, -0.05) is 18.2 Å². The first-order valence-corrected chi connectivity index (χ1v) is 8.60. The number of carbonyl (C=O) groups is 3. The molecule has 2 amide bonds. The number of carboxylic acids is 1. The van der Waals surface area contributed by atoms with Gasteiger partial charge < -0.3 is 26.2 Å². The highest BCUT2D eigenvalue weighted by Crippen LogP contribution is 2.50. The minimum absolute atomic E-state index is 0.103. The quantitative estimate of drug-likeness (QED) is 0.553. The van der Waals surface area contributed by atoms with Crippen LogP contribution in [0.15, 0.2) is 24.3 Å². The van der Waals surface area contributed by atoms with Crippen molar-refractivity contribution in [2.75, 3.05) is 0 Å². The standard InChI is InChI=1S/C16H19N3O5S/c1-16(2)11(15(23)24)19-13(22)10(14(19)25-16)18-12(21)9(17)7-5-3-4-6-8(7)20/h3-6,9-11,14,20H,17H2,1-2H3,(H,18,21)(H,23,24)/t9?,10?,11-,14+/m0/s1. The summed E-state index contributed by atoms with van der Waals surface area (Å²) in [7, 11) is 0. The number of nitrogens with one attached hydrogen (secondary N) is 1. The maximum atomic E-state index is 12.4. The highest BCUT2D eigenvalue weighted by atomic mass is 32.2. The molecule has 134 valence electrons. The number of amides is 2. The van der Waals surface area contributed by atoms with Crippen LogP contribution in [0.4, 0.5) is 0 Å². The number of nitrogens with two attached hydrogens (primary N) is 1. The molecule has 2 aliphatic rings. The van der Waals surface area contributed by atoms with Crippen LogP contribution < -0.4 is 11.1 Å². The summed E-state index contributed by atoms with van der Waals surface area (Å²) in [4.78, 5) is 37.5. The van der Waals surface area contributed by atoms with Gasteiger partial charge in [-0.25, -0.2) is 4.79 Å². The van der Waals surface area contributed by atoms with E-state index in [-0.39, 0.29) is 11.3 Å². The first-order valence-electron chi connectivity index (χ1n) is 7.72. The number of rotatable bonds is 4. The van der Waals surface area contributed by atoms with Crippen LogP contribution in [0.1, 0.15) is 25.5 Å². The number of thioether (sulfide) groups is 1. The molecule has 2 heterocycles. The number of β-lactam (4-membered cyclic amide) rings is 1. The zero-order chi connectivity index (χ0) is 18.5. The summed E-state index contributed by atoms with van der Waals surface area (Å²) >= 11 is 1.34. The summed E-state index contributed by atoms with van der Waals surface area (Å²) in [5.41, 5.74) is 6.14. The summed E-state index contributed by atoms with van der Waals surface area (Å²) in [6.45, 7) is 3.52. The van der Waals surface area contributed by atoms with Gasteiger partial charge in [0, 0.05) is 10.3 Å². The predicted octanol–water partition coefficient (Wildman–Crippen LogP) is 0.0237. The summed E-state index contributed by atoms with van der Waals surface area (Å²) in [6.07, 6.45) is 0. The third-order valence-electron chi connectivity index (χ3n) is 4.53. The molecule has 0 spiro atoms. The zero-order valence-electron chi connectivity index (χ0n) is 13.7. The van der Waals surface area contributed by atoms with Crippen LogP contribution >= 0.6 is 11.8 Å². The topological polar surface area (TPSA) is 133 Å². The lowest BCUT2D eigenvalue weighted by Crippen LogP contribution is -2.71. The number of aromatic hydroxyl groups is 1. The van der Waals surface area contributed by atoms with E-state index in [1.165, 1.54) is 28.8 Å². The van der Waals surface area contributed by atoms with Crippen molar-refractivity contribution < 1.29 is 24.6 Å². The number of para-hydroxylation sites is 1. The molecule has 2 fully saturated rings. The molecule has 1 aromatic rings. The van der Waals surface area contributed by atoms with Gasteiger partial charge in [0.2, 0.25) is 11.8 Å². The number of carbonyl (C=O) groups excluding carboxylic acids is 2. The van der Waals surface area contributed by atoms with E-state index in [1.54, 1.807) is 26.0 Å². The van der Waals surface area contributed by atoms with Gasteiger partial charge in [0.05, 0.1) is 0 Å². The second-order valence-electron chi connectivity index (χ2n) is 6.62. The molecule has 4 atom stereocenters. The fourth-order valence-electron chi connectivity index (χ4n) is 3.28. The Labute approximate surface area is 148 Å². The van der Waals surface area contributed by atoms with E-state index in [0.29, 0.717) is 0 Å². The Morgan fingerprint density at radius 2 is 2.00 bits per heavy atom. The summed E-state index contributed by atoms with van der Waals surface area (Å²) in [5.74, 6) is -2.21. The first kappa shape index (κ1) is 17.6. The number of aliphatic carboxylic acids is 1. The van der Waals surface area contributed by atoms with Gasteiger partial charge in [-0.2, -0.15) is 0 Å². The minimum atomic E-state index is -1.13. The maximum Gasteiger partial charge on any atom is 0.327 e. The second kappa shape index (κ2) is 5.92. The van der Waals surface area contributed by atoms with Crippen LogP contribution in [0.2, 0.25) is 0 Å². The molecule has 25 heavy (non-hydrogen) atoms. The highest BCUT2D eigenvalue weighted by Gasteiger charge is 2.64. The number of nitrogens with zero attached hydrogens (tertiary/aromatic N) is 1. The largest absolute Gasteiger partial charge is 0.508 e.